The Bertz CT molecular complexity index is 324. The highest BCUT2D eigenvalue weighted by molar-refractivity contribution is 5.67. The van der Waals surface area contributed by atoms with Crippen LogP contribution in [0.1, 0.15) is 58.3 Å². The molecule has 1 amide bonds. The number of carbonyl (C=O) groups excluding carboxylic acids is 1. The van der Waals surface area contributed by atoms with Crippen molar-refractivity contribution in [1.29, 1.82) is 0 Å². The molecule has 0 aromatic carbocycles. The fraction of sp³-hybridized carbons (Fsp3) is 0.941. The summed E-state index contributed by atoms with van der Waals surface area (Å²) >= 11 is 0. The predicted molar refractivity (Wildman–Crippen MR) is 86.8 cm³/mol. The Morgan fingerprint density at radius 1 is 1.23 bits per heavy atom. The van der Waals surface area contributed by atoms with Crippen LogP contribution in [0.4, 0.5) is 4.79 Å². The van der Waals surface area contributed by atoms with Crippen molar-refractivity contribution < 1.29 is 14.6 Å². The zero-order chi connectivity index (χ0) is 15.8. The van der Waals surface area contributed by atoms with Gasteiger partial charge in [-0.1, -0.05) is 19.3 Å². The lowest BCUT2D eigenvalue weighted by molar-refractivity contribution is 0.0916. The van der Waals surface area contributed by atoms with Gasteiger partial charge in [-0.2, -0.15) is 0 Å². The Hall–Kier alpha value is -0.810. The van der Waals surface area contributed by atoms with Crippen LogP contribution in [-0.4, -0.2) is 54.5 Å². The minimum atomic E-state index is -0.180. The largest absolute Gasteiger partial charge is 0.450 e. The van der Waals surface area contributed by atoms with E-state index in [1.165, 1.54) is 32.1 Å². The van der Waals surface area contributed by atoms with Crippen LogP contribution < -0.4 is 5.32 Å². The van der Waals surface area contributed by atoms with Crippen molar-refractivity contribution in [2.45, 2.75) is 70.4 Å². The van der Waals surface area contributed by atoms with E-state index in [4.69, 9.17) is 4.74 Å². The maximum atomic E-state index is 11.7. The zero-order valence-electron chi connectivity index (χ0n) is 13.9. The van der Waals surface area contributed by atoms with E-state index >= 15 is 0 Å². The predicted octanol–water partition coefficient (Wildman–Crippen LogP) is 2.53. The normalized spacial score (nSPS) is 22.5. The molecule has 1 aliphatic heterocycles. The van der Waals surface area contributed by atoms with E-state index in [1.807, 2.05) is 11.8 Å². The minimum Gasteiger partial charge on any atom is -0.450 e. The molecule has 1 saturated heterocycles. The highest BCUT2D eigenvalue weighted by Crippen LogP contribution is 2.28. The van der Waals surface area contributed by atoms with Gasteiger partial charge in [0.2, 0.25) is 0 Å². The number of aliphatic hydroxyl groups excluding tert-OH is 1. The molecule has 1 unspecified atom stereocenters. The molecule has 5 nitrogen and oxygen atoms in total. The summed E-state index contributed by atoms with van der Waals surface area (Å²) in [5.74, 6) is 0.712. The van der Waals surface area contributed by atoms with Gasteiger partial charge in [-0.05, 0) is 44.9 Å². The Morgan fingerprint density at radius 2 is 1.91 bits per heavy atom. The van der Waals surface area contributed by atoms with Crippen LogP contribution in [0.25, 0.3) is 0 Å². The number of piperidine rings is 1. The Labute approximate surface area is 134 Å². The highest BCUT2D eigenvalue weighted by Gasteiger charge is 2.28. The van der Waals surface area contributed by atoms with Crippen molar-refractivity contribution in [3.63, 3.8) is 0 Å². The molecule has 0 radical (unpaired) electrons. The van der Waals surface area contributed by atoms with E-state index in [0.717, 1.165) is 32.4 Å². The van der Waals surface area contributed by atoms with Gasteiger partial charge in [0.25, 0.3) is 0 Å². The molecule has 0 bridgehead atoms. The molecular formula is C17H32N2O3. The molecule has 2 fully saturated rings. The molecule has 128 valence electrons. The summed E-state index contributed by atoms with van der Waals surface area (Å²) < 4.78 is 5.06. The summed E-state index contributed by atoms with van der Waals surface area (Å²) in [7, 11) is 0. The molecule has 1 saturated carbocycles. The van der Waals surface area contributed by atoms with Crippen LogP contribution in [0.3, 0.4) is 0 Å². The van der Waals surface area contributed by atoms with Crippen LogP contribution in [0.2, 0.25) is 0 Å². The monoisotopic (exact) mass is 312 g/mol. The molecule has 2 rings (SSSR count). The average Bonchev–Trinajstić information content (AvgIpc) is 2.56. The standard InChI is InChI=1S/C17H32N2O3/c1-2-22-17(21)19-11-8-15(9-12-19)18-16(10-13-20)14-6-4-3-5-7-14/h14-16,18,20H,2-13H2,1H3. The lowest BCUT2D eigenvalue weighted by atomic mass is 9.82. The summed E-state index contributed by atoms with van der Waals surface area (Å²) in [5.41, 5.74) is 0. The Balaban J connectivity index is 1.78. The first-order valence-corrected chi connectivity index (χ1v) is 9.03. The van der Waals surface area contributed by atoms with Crippen molar-refractivity contribution >= 4 is 6.09 Å². The number of hydrogen-bond donors (Lipinski definition) is 2. The second-order valence-electron chi connectivity index (χ2n) is 6.64. The smallest absolute Gasteiger partial charge is 0.409 e. The number of amides is 1. The van der Waals surface area contributed by atoms with E-state index in [-0.39, 0.29) is 12.7 Å². The molecule has 22 heavy (non-hydrogen) atoms. The minimum absolute atomic E-state index is 0.180. The molecule has 2 aliphatic rings. The maximum Gasteiger partial charge on any atom is 0.409 e. The van der Waals surface area contributed by atoms with Crippen molar-refractivity contribution in [2.24, 2.45) is 5.92 Å². The molecule has 5 heteroatoms. The zero-order valence-corrected chi connectivity index (χ0v) is 13.9. The van der Waals surface area contributed by atoms with Gasteiger partial charge in [0.05, 0.1) is 6.61 Å². The topological polar surface area (TPSA) is 61.8 Å². The summed E-state index contributed by atoms with van der Waals surface area (Å²) in [6.07, 6.45) is 9.23. The van der Waals surface area contributed by atoms with E-state index in [2.05, 4.69) is 5.32 Å². The molecule has 1 aliphatic carbocycles. The van der Waals surface area contributed by atoms with Gasteiger partial charge in [-0.25, -0.2) is 4.79 Å². The molecule has 0 aromatic heterocycles. The van der Waals surface area contributed by atoms with Gasteiger partial charge >= 0.3 is 6.09 Å². The van der Waals surface area contributed by atoms with Gasteiger partial charge in [-0.15, -0.1) is 0 Å². The van der Waals surface area contributed by atoms with Gasteiger partial charge in [0.1, 0.15) is 0 Å². The van der Waals surface area contributed by atoms with Gasteiger partial charge in [-0.3, -0.25) is 0 Å². The number of nitrogens with zero attached hydrogens (tertiary/aromatic N) is 1. The third-order valence-corrected chi connectivity index (χ3v) is 5.13. The summed E-state index contributed by atoms with van der Waals surface area (Å²) in [6.45, 7) is 4.09. The van der Waals surface area contributed by atoms with Crippen LogP contribution in [0.5, 0.6) is 0 Å². The second-order valence-corrected chi connectivity index (χ2v) is 6.64. The van der Waals surface area contributed by atoms with Crippen LogP contribution in [-0.2, 0) is 4.74 Å². The number of hydrogen-bond acceptors (Lipinski definition) is 4. The van der Waals surface area contributed by atoms with E-state index < -0.39 is 0 Å². The van der Waals surface area contributed by atoms with Crippen molar-refractivity contribution in [3.05, 3.63) is 0 Å². The Kier molecular flexibility index (Phi) is 7.46. The Morgan fingerprint density at radius 3 is 2.50 bits per heavy atom. The quantitative estimate of drug-likeness (QED) is 0.791. The van der Waals surface area contributed by atoms with Crippen LogP contribution in [0.15, 0.2) is 0 Å². The molecular weight excluding hydrogens is 280 g/mol. The van der Waals surface area contributed by atoms with E-state index in [0.29, 0.717) is 24.6 Å². The summed E-state index contributed by atoms with van der Waals surface area (Å²) in [6, 6.07) is 0.897. The average molecular weight is 312 g/mol. The third-order valence-electron chi connectivity index (χ3n) is 5.13. The van der Waals surface area contributed by atoms with Gasteiger partial charge in [0.15, 0.2) is 0 Å². The molecule has 0 spiro atoms. The number of aliphatic hydroxyl groups is 1. The first-order chi connectivity index (χ1) is 10.7. The highest BCUT2D eigenvalue weighted by atomic mass is 16.6. The van der Waals surface area contributed by atoms with E-state index in [9.17, 15) is 9.90 Å². The number of ether oxygens (including phenoxy) is 1. The van der Waals surface area contributed by atoms with Crippen LogP contribution >= 0.6 is 0 Å². The molecule has 0 aromatic rings. The number of likely N-dealkylation sites (tertiary alicyclic amines) is 1. The first-order valence-electron chi connectivity index (χ1n) is 9.03. The van der Waals surface area contributed by atoms with Gasteiger partial charge < -0.3 is 20.1 Å². The summed E-state index contributed by atoms with van der Waals surface area (Å²) in [4.78, 5) is 13.5. The van der Waals surface area contributed by atoms with Gasteiger partial charge in [0, 0.05) is 31.8 Å². The molecule has 1 atom stereocenters. The number of carbonyl (C=O) groups is 1. The van der Waals surface area contributed by atoms with E-state index in [1.54, 1.807) is 0 Å². The lowest BCUT2D eigenvalue weighted by Gasteiger charge is -2.37. The fourth-order valence-corrected chi connectivity index (χ4v) is 3.88. The maximum absolute atomic E-state index is 11.7. The van der Waals surface area contributed by atoms with Crippen molar-refractivity contribution in [3.8, 4) is 0 Å². The van der Waals surface area contributed by atoms with Crippen molar-refractivity contribution in [1.82, 2.24) is 10.2 Å². The number of nitrogens with one attached hydrogen (secondary N) is 1. The summed E-state index contributed by atoms with van der Waals surface area (Å²) in [5, 5.41) is 13.1. The third kappa shape index (κ3) is 5.13. The molecule has 1 heterocycles. The van der Waals surface area contributed by atoms with Crippen molar-refractivity contribution in [2.75, 3.05) is 26.3 Å². The van der Waals surface area contributed by atoms with Crippen LogP contribution in [0, 0.1) is 5.92 Å². The SMILES string of the molecule is CCOC(=O)N1CCC(NC(CCO)C2CCCCC2)CC1. The first kappa shape index (κ1) is 17.5. The molecule has 2 N–H and O–H groups in total. The number of rotatable bonds is 6. The fourth-order valence-electron chi connectivity index (χ4n) is 3.88. The lowest BCUT2D eigenvalue weighted by Crippen LogP contribution is -2.50. The second kappa shape index (κ2) is 9.36.